The molecule has 0 bridgehead atoms. The molecule has 94 valence electrons. The van der Waals surface area contributed by atoms with E-state index in [1.165, 1.54) is 0 Å². The Kier molecular flexibility index (Phi) is 4.31. The normalized spacial score (nSPS) is 12.1. The Morgan fingerprint density at radius 1 is 1.11 bits per heavy atom. The number of pyridine rings is 1. The summed E-state index contributed by atoms with van der Waals surface area (Å²) in [5, 5.41) is 3.25. The van der Waals surface area contributed by atoms with Gasteiger partial charge in [-0.25, -0.2) is 4.98 Å². The van der Waals surface area contributed by atoms with Crippen LogP contribution in [0, 0.1) is 0 Å². The minimum absolute atomic E-state index is 0.112. The molecular formula is C15H19N3. The molecule has 0 amide bonds. The summed E-state index contributed by atoms with van der Waals surface area (Å²) in [6.07, 6.45) is 2.93. The number of aromatic nitrogens is 1. The predicted octanol–water partition coefficient (Wildman–Crippen LogP) is 2.95. The zero-order valence-electron chi connectivity index (χ0n) is 10.6. The first kappa shape index (κ1) is 12.6. The summed E-state index contributed by atoms with van der Waals surface area (Å²) < 4.78 is 0. The Bertz CT molecular complexity index is 465. The zero-order chi connectivity index (χ0) is 12.8. The van der Waals surface area contributed by atoms with Crippen LogP contribution in [0.5, 0.6) is 0 Å². The summed E-state index contributed by atoms with van der Waals surface area (Å²) in [6.45, 7) is 3.07. The number of anilines is 1. The first-order chi connectivity index (χ1) is 8.81. The molecule has 3 N–H and O–H groups in total. The van der Waals surface area contributed by atoms with Crippen LogP contribution in [0.25, 0.3) is 0 Å². The lowest BCUT2D eigenvalue weighted by Gasteiger charge is -2.12. The van der Waals surface area contributed by atoms with Crippen molar-refractivity contribution < 1.29 is 0 Å². The third-order valence-corrected chi connectivity index (χ3v) is 2.86. The minimum Gasteiger partial charge on any atom is -0.370 e. The first-order valence-electron chi connectivity index (χ1n) is 6.31. The SMILES string of the molecule is CCCNc1ccc(C(N)c2ccccc2)cn1. The molecule has 1 atom stereocenters. The predicted molar refractivity (Wildman–Crippen MR) is 75.5 cm³/mol. The molecule has 3 nitrogen and oxygen atoms in total. The summed E-state index contributed by atoms with van der Waals surface area (Å²) >= 11 is 0. The second-order valence-electron chi connectivity index (χ2n) is 4.29. The molecule has 0 saturated heterocycles. The van der Waals surface area contributed by atoms with E-state index >= 15 is 0 Å². The van der Waals surface area contributed by atoms with Crippen LogP contribution in [-0.2, 0) is 0 Å². The maximum absolute atomic E-state index is 6.21. The number of benzene rings is 1. The van der Waals surface area contributed by atoms with E-state index < -0.39 is 0 Å². The van der Waals surface area contributed by atoms with Crippen molar-refractivity contribution in [2.75, 3.05) is 11.9 Å². The second kappa shape index (κ2) is 6.17. The van der Waals surface area contributed by atoms with Crippen LogP contribution in [0.4, 0.5) is 5.82 Å². The summed E-state index contributed by atoms with van der Waals surface area (Å²) in [5.41, 5.74) is 8.34. The van der Waals surface area contributed by atoms with Gasteiger partial charge in [-0.1, -0.05) is 43.3 Å². The van der Waals surface area contributed by atoms with Crippen LogP contribution in [0.1, 0.15) is 30.5 Å². The molecule has 2 aromatic rings. The third kappa shape index (κ3) is 3.08. The van der Waals surface area contributed by atoms with Gasteiger partial charge in [-0.3, -0.25) is 0 Å². The van der Waals surface area contributed by atoms with Crippen molar-refractivity contribution in [3.8, 4) is 0 Å². The largest absolute Gasteiger partial charge is 0.370 e. The van der Waals surface area contributed by atoms with E-state index in [0.29, 0.717) is 0 Å². The Labute approximate surface area is 108 Å². The molecule has 0 radical (unpaired) electrons. The smallest absolute Gasteiger partial charge is 0.125 e. The van der Waals surface area contributed by atoms with E-state index in [-0.39, 0.29) is 6.04 Å². The van der Waals surface area contributed by atoms with Crippen LogP contribution in [0.2, 0.25) is 0 Å². The topological polar surface area (TPSA) is 50.9 Å². The molecule has 0 aliphatic heterocycles. The zero-order valence-corrected chi connectivity index (χ0v) is 10.6. The highest BCUT2D eigenvalue weighted by Crippen LogP contribution is 2.19. The first-order valence-corrected chi connectivity index (χ1v) is 6.31. The molecule has 2 rings (SSSR count). The lowest BCUT2D eigenvalue weighted by molar-refractivity contribution is 0.862. The summed E-state index contributed by atoms with van der Waals surface area (Å²) in [4.78, 5) is 4.37. The molecule has 0 saturated carbocycles. The number of nitrogens with one attached hydrogen (secondary N) is 1. The van der Waals surface area contributed by atoms with Gasteiger partial charge in [0.2, 0.25) is 0 Å². The van der Waals surface area contributed by atoms with Crippen molar-refractivity contribution >= 4 is 5.82 Å². The van der Waals surface area contributed by atoms with Crippen LogP contribution in [0.15, 0.2) is 48.7 Å². The summed E-state index contributed by atoms with van der Waals surface area (Å²) in [7, 11) is 0. The van der Waals surface area contributed by atoms with E-state index in [4.69, 9.17) is 5.73 Å². The van der Waals surface area contributed by atoms with Crippen molar-refractivity contribution in [3.05, 3.63) is 59.8 Å². The van der Waals surface area contributed by atoms with E-state index in [0.717, 1.165) is 29.9 Å². The quantitative estimate of drug-likeness (QED) is 0.846. The van der Waals surface area contributed by atoms with E-state index in [1.54, 1.807) is 0 Å². The summed E-state index contributed by atoms with van der Waals surface area (Å²) in [6, 6.07) is 14.0. The molecule has 1 aromatic carbocycles. The molecule has 3 heteroatoms. The fraction of sp³-hybridized carbons (Fsp3) is 0.267. The van der Waals surface area contributed by atoms with Crippen molar-refractivity contribution in [3.63, 3.8) is 0 Å². The van der Waals surface area contributed by atoms with Gasteiger partial charge in [0.05, 0.1) is 6.04 Å². The number of nitrogens with zero attached hydrogens (tertiary/aromatic N) is 1. The molecule has 0 aliphatic carbocycles. The van der Waals surface area contributed by atoms with Crippen molar-refractivity contribution in [2.45, 2.75) is 19.4 Å². The third-order valence-electron chi connectivity index (χ3n) is 2.86. The highest BCUT2D eigenvalue weighted by atomic mass is 15.0. The number of nitrogens with two attached hydrogens (primary N) is 1. The van der Waals surface area contributed by atoms with Crippen LogP contribution < -0.4 is 11.1 Å². The fourth-order valence-electron chi connectivity index (χ4n) is 1.80. The van der Waals surface area contributed by atoms with Gasteiger partial charge in [-0.2, -0.15) is 0 Å². The van der Waals surface area contributed by atoms with Gasteiger partial charge < -0.3 is 11.1 Å². The van der Waals surface area contributed by atoms with Crippen LogP contribution in [0.3, 0.4) is 0 Å². The maximum Gasteiger partial charge on any atom is 0.125 e. The molecule has 0 spiro atoms. The number of rotatable bonds is 5. The Balaban J connectivity index is 2.09. The molecule has 18 heavy (non-hydrogen) atoms. The molecule has 0 fully saturated rings. The molecule has 1 aromatic heterocycles. The van der Waals surface area contributed by atoms with E-state index in [9.17, 15) is 0 Å². The molecule has 1 unspecified atom stereocenters. The van der Waals surface area contributed by atoms with Gasteiger partial charge in [0.1, 0.15) is 5.82 Å². The summed E-state index contributed by atoms with van der Waals surface area (Å²) in [5.74, 6) is 0.904. The van der Waals surface area contributed by atoms with E-state index in [1.807, 2.05) is 48.7 Å². The monoisotopic (exact) mass is 241 g/mol. The Morgan fingerprint density at radius 2 is 1.89 bits per heavy atom. The average molecular weight is 241 g/mol. The number of hydrogen-bond donors (Lipinski definition) is 2. The van der Waals surface area contributed by atoms with Crippen LogP contribution >= 0.6 is 0 Å². The maximum atomic E-state index is 6.21. The van der Waals surface area contributed by atoms with Crippen molar-refractivity contribution in [2.24, 2.45) is 5.73 Å². The van der Waals surface area contributed by atoms with Gasteiger partial charge in [-0.05, 0) is 23.6 Å². The Morgan fingerprint density at radius 3 is 2.50 bits per heavy atom. The van der Waals surface area contributed by atoms with Gasteiger partial charge in [0, 0.05) is 12.7 Å². The van der Waals surface area contributed by atoms with Crippen molar-refractivity contribution in [1.29, 1.82) is 0 Å². The molecule has 1 heterocycles. The van der Waals surface area contributed by atoms with E-state index in [2.05, 4.69) is 17.2 Å². The van der Waals surface area contributed by atoms with Gasteiger partial charge >= 0.3 is 0 Å². The highest BCUT2D eigenvalue weighted by molar-refractivity contribution is 5.38. The van der Waals surface area contributed by atoms with Gasteiger partial charge in [-0.15, -0.1) is 0 Å². The van der Waals surface area contributed by atoms with Gasteiger partial charge in [0.15, 0.2) is 0 Å². The molecular weight excluding hydrogens is 222 g/mol. The standard InChI is InChI=1S/C15H19N3/c1-2-10-17-14-9-8-13(11-18-14)15(16)12-6-4-3-5-7-12/h3-9,11,15H,2,10,16H2,1H3,(H,17,18). The Hall–Kier alpha value is -1.87. The fourth-order valence-corrected chi connectivity index (χ4v) is 1.80. The molecule has 0 aliphatic rings. The minimum atomic E-state index is -0.112. The number of hydrogen-bond acceptors (Lipinski definition) is 3. The second-order valence-corrected chi connectivity index (χ2v) is 4.29. The lowest BCUT2D eigenvalue weighted by atomic mass is 10.0. The van der Waals surface area contributed by atoms with Gasteiger partial charge in [0.25, 0.3) is 0 Å². The lowest BCUT2D eigenvalue weighted by Crippen LogP contribution is -2.12. The highest BCUT2D eigenvalue weighted by Gasteiger charge is 2.08. The average Bonchev–Trinajstić information content (AvgIpc) is 2.46. The van der Waals surface area contributed by atoms with Crippen LogP contribution in [-0.4, -0.2) is 11.5 Å². The van der Waals surface area contributed by atoms with Crippen molar-refractivity contribution in [1.82, 2.24) is 4.98 Å².